The summed E-state index contributed by atoms with van der Waals surface area (Å²) in [7, 11) is 0. The van der Waals surface area contributed by atoms with Crippen molar-refractivity contribution in [2.75, 3.05) is 13.1 Å². The Hall–Kier alpha value is -2.82. The Morgan fingerprint density at radius 1 is 1.04 bits per heavy atom. The molecule has 1 heterocycles. The molecule has 136 valence electrons. The summed E-state index contributed by atoms with van der Waals surface area (Å²) in [6.45, 7) is 1.22. The van der Waals surface area contributed by atoms with Crippen molar-refractivity contribution < 1.29 is 14.7 Å². The molecular weight excluding hydrogens is 328 g/mol. The van der Waals surface area contributed by atoms with Crippen LogP contribution < -0.4 is 5.32 Å². The maximum atomic E-state index is 12.5. The van der Waals surface area contributed by atoms with Crippen LogP contribution in [0.3, 0.4) is 0 Å². The van der Waals surface area contributed by atoms with Gasteiger partial charge >= 0.3 is 0 Å². The Balaban J connectivity index is 1.43. The highest BCUT2D eigenvalue weighted by Crippen LogP contribution is 2.17. The Morgan fingerprint density at radius 2 is 1.77 bits per heavy atom. The van der Waals surface area contributed by atoms with Crippen LogP contribution >= 0.6 is 0 Å². The first kappa shape index (κ1) is 18.0. The summed E-state index contributed by atoms with van der Waals surface area (Å²) in [5.74, 6) is 0.0813. The fraction of sp³-hybridized carbons (Fsp3) is 0.333. The van der Waals surface area contributed by atoms with Gasteiger partial charge in [0.05, 0.1) is 0 Å². The third-order valence-electron chi connectivity index (χ3n) is 4.72. The predicted octanol–water partition coefficient (Wildman–Crippen LogP) is 2.75. The number of nitrogens with zero attached hydrogens (tertiary/aromatic N) is 1. The molecule has 1 aliphatic heterocycles. The molecule has 5 heteroatoms. The zero-order chi connectivity index (χ0) is 18.4. The van der Waals surface area contributed by atoms with Crippen molar-refractivity contribution >= 4 is 11.8 Å². The third-order valence-corrected chi connectivity index (χ3v) is 4.72. The predicted molar refractivity (Wildman–Crippen MR) is 99.9 cm³/mol. The fourth-order valence-electron chi connectivity index (χ4n) is 3.25. The summed E-state index contributed by atoms with van der Waals surface area (Å²) >= 11 is 0. The van der Waals surface area contributed by atoms with E-state index in [0.717, 1.165) is 24.8 Å². The van der Waals surface area contributed by atoms with Crippen molar-refractivity contribution in [3.8, 4) is 5.75 Å². The molecule has 0 saturated carbocycles. The van der Waals surface area contributed by atoms with Gasteiger partial charge in [0.25, 0.3) is 5.91 Å². The molecule has 1 fully saturated rings. The number of hydrogen-bond acceptors (Lipinski definition) is 3. The zero-order valence-corrected chi connectivity index (χ0v) is 14.7. The van der Waals surface area contributed by atoms with Gasteiger partial charge < -0.3 is 15.3 Å². The molecule has 0 spiro atoms. The van der Waals surface area contributed by atoms with Gasteiger partial charge in [0, 0.05) is 31.1 Å². The number of aryl methyl sites for hydroxylation is 1. The molecule has 5 nitrogen and oxygen atoms in total. The lowest BCUT2D eigenvalue weighted by atomic mass is 10.0. The number of hydrogen-bond donors (Lipinski definition) is 2. The first-order valence-corrected chi connectivity index (χ1v) is 9.03. The highest BCUT2D eigenvalue weighted by Gasteiger charge is 2.24. The lowest BCUT2D eigenvalue weighted by Crippen LogP contribution is -2.46. The molecule has 0 aromatic heterocycles. The molecule has 2 N–H and O–H groups in total. The van der Waals surface area contributed by atoms with Crippen LogP contribution in [0.1, 0.15) is 35.2 Å². The monoisotopic (exact) mass is 352 g/mol. The first-order chi connectivity index (χ1) is 12.6. The number of piperidine rings is 1. The van der Waals surface area contributed by atoms with E-state index >= 15 is 0 Å². The number of likely N-dealkylation sites (tertiary alicyclic amines) is 1. The number of phenols is 1. The lowest BCUT2D eigenvalue weighted by Gasteiger charge is -2.32. The summed E-state index contributed by atoms with van der Waals surface area (Å²) in [5, 5.41) is 12.6. The Morgan fingerprint density at radius 3 is 2.46 bits per heavy atom. The fourth-order valence-corrected chi connectivity index (χ4v) is 3.25. The molecule has 3 rings (SSSR count). The molecule has 0 atom stereocenters. The summed E-state index contributed by atoms with van der Waals surface area (Å²) in [4.78, 5) is 26.4. The van der Waals surface area contributed by atoms with Crippen LogP contribution in [0.2, 0.25) is 0 Å². The van der Waals surface area contributed by atoms with E-state index in [4.69, 9.17) is 0 Å². The maximum Gasteiger partial charge on any atom is 0.253 e. The second-order valence-electron chi connectivity index (χ2n) is 6.67. The Kier molecular flexibility index (Phi) is 5.89. The molecule has 0 unspecified atom stereocenters. The highest BCUT2D eigenvalue weighted by molar-refractivity contribution is 5.94. The molecule has 0 radical (unpaired) electrons. The molecule has 26 heavy (non-hydrogen) atoms. The maximum absolute atomic E-state index is 12.5. The largest absolute Gasteiger partial charge is 0.508 e. The molecule has 1 aliphatic rings. The number of rotatable bonds is 5. The van der Waals surface area contributed by atoms with Gasteiger partial charge in [-0.05, 0) is 43.0 Å². The number of amides is 2. The number of benzene rings is 2. The van der Waals surface area contributed by atoms with Crippen LogP contribution in [0.25, 0.3) is 0 Å². The topological polar surface area (TPSA) is 69.6 Å². The summed E-state index contributed by atoms with van der Waals surface area (Å²) in [6.07, 6.45) is 2.72. The number of carbonyl (C=O) groups is 2. The van der Waals surface area contributed by atoms with E-state index in [1.165, 1.54) is 6.07 Å². The second kappa shape index (κ2) is 8.52. The minimum absolute atomic E-state index is 0.0617. The van der Waals surface area contributed by atoms with Crippen molar-refractivity contribution in [3.05, 3.63) is 65.7 Å². The Labute approximate surface area is 153 Å². The van der Waals surface area contributed by atoms with Gasteiger partial charge in [-0.25, -0.2) is 0 Å². The van der Waals surface area contributed by atoms with Gasteiger partial charge in [-0.1, -0.05) is 36.4 Å². The van der Waals surface area contributed by atoms with Crippen LogP contribution in [0, 0.1) is 0 Å². The van der Waals surface area contributed by atoms with Crippen molar-refractivity contribution in [3.63, 3.8) is 0 Å². The molecule has 2 aromatic rings. The second-order valence-corrected chi connectivity index (χ2v) is 6.67. The van der Waals surface area contributed by atoms with Gasteiger partial charge in [0.15, 0.2) is 0 Å². The molecule has 1 saturated heterocycles. The van der Waals surface area contributed by atoms with Crippen LogP contribution in [0.5, 0.6) is 5.75 Å². The molecule has 2 amide bonds. The van der Waals surface area contributed by atoms with E-state index in [1.54, 1.807) is 23.1 Å². The van der Waals surface area contributed by atoms with Gasteiger partial charge in [-0.15, -0.1) is 0 Å². The highest BCUT2D eigenvalue weighted by atomic mass is 16.3. The van der Waals surface area contributed by atoms with E-state index in [0.29, 0.717) is 25.1 Å². The normalized spacial score (nSPS) is 14.8. The van der Waals surface area contributed by atoms with Crippen LogP contribution in [0.15, 0.2) is 54.6 Å². The molecule has 0 aliphatic carbocycles. The summed E-state index contributed by atoms with van der Waals surface area (Å²) in [5.41, 5.74) is 1.66. The number of nitrogens with one attached hydrogen (secondary N) is 1. The van der Waals surface area contributed by atoms with E-state index in [9.17, 15) is 14.7 Å². The number of carbonyl (C=O) groups excluding carboxylic acids is 2. The van der Waals surface area contributed by atoms with Gasteiger partial charge in [-0.2, -0.15) is 0 Å². The van der Waals surface area contributed by atoms with Gasteiger partial charge in [0.1, 0.15) is 5.75 Å². The van der Waals surface area contributed by atoms with E-state index < -0.39 is 0 Å². The first-order valence-electron chi connectivity index (χ1n) is 9.03. The van der Waals surface area contributed by atoms with E-state index in [-0.39, 0.29) is 23.6 Å². The number of aromatic hydroxyl groups is 1. The average molecular weight is 352 g/mol. The van der Waals surface area contributed by atoms with Crippen LogP contribution in [0.4, 0.5) is 0 Å². The molecule has 0 bridgehead atoms. The average Bonchev–Trinajstić information content (AvgIpc) is 2.67. The smallest absolute Gasteiger partial charge is 0.253 e. The Bertz CT molecular complexity index is 753. The van der Waals surface area contributed by atoms with Crippen LogP contribution in [-0.2, 0) is 11.2 Å². The van der Waals surface area contributed by atoms with Crippen molar-refractivity contribution in [1.82, 2.24) is 10.2 Å². The quantitative estimate of drug-likeness (QED) is 0.869. The van der Waals surface area contributed by atoms with Crippen molar-refractivity contribution in [1.29, 1.82) is 0 Å². The van der Waals surface area contributed by atoms with Gasteiger partial charge in [0.2, 0.25) is 5.91 Å². The van der Waals surface area contributed by atoms with Crippen molar-refractivity contribution in [2.24, 2.45) is 0 Å². The number of phenolic OH excluding ortho intramolecular Hbond substituents is 1. The van der Waals surface area contributed by atoms with Gasteiger partial charge in [-0.3, -0.25) is 9.59 Å². The lowest BCUT2D eigenvalue weighted by molar-refractivity contribution is -0.122. The van der Waals surface area contributed by atoms with Crippen LogP contribution in [-0.4, -0.2) is 41.0 Å². The van der Waals surface area contributed by atoms with Crippen molar-refractivity contribution in [2.45, 2.75) is 31.7 Å². The molecular formula is C21H24N2O3. The van der Waals surface area contributed by atoms with E-state index in [2.05, 4.69) is 5.32 Å². The standard InChI is InChI=1S/C21H24N2O3/c24-19-8-4-7-17(15-19)21(26)23-13-11-18(12-14-23)22-20(25)10-9-16-5-2-1-3-6-16/h1-8,15,18,24H,9-14H2,(H,22,25). The SMILES string of the molecule is O=C(CCc1ccccc1)NC1CCN(C(=O)c2cccc(O)c2)CC1. The van der Waals surface area contributed by atoms with E-state index in [1.807, 2.05) is 30.3 Å². The minimum Gasteiger partial charge on any atom is -0.508 e. The summed E-state index contributed by atoms with van der Waals surface area (Å²) < 4.78 is 0. The minimum atomic E-state index is -0.0743. The zero-order valence-electron chi connectivity index (χ0n) is 14.7. The third kappa shape index (κ3) is 4.85. The molecule has 2 aromatic carbocycles. The summed E-state index contributed by atoms with van der Waals surface area (Å²) in [6, 6.07) is 16.5.